The van der Waals surface area contributed by atoms with Crippen LogP contribution in [0.2, 0.25) is 0 Å². The summed E-state index contributed by atoms with van der Waals surface area (Å²) >= 11 is 0. The van der Waals surface area contributed by atoms with Gasteiger partial charge in [0, 0.05) is 0 Å². The molecule has 0 radical (unpaired) electrons. The Morgan fingerprint density at radius 2 is 1.85 bits per heavy atom. The molecule has 2 heterocycles. The zero-order valence-electron chi connectivity index (χ0n) is 8.42. The fraction of sp³-hybridized carbons (Fsp3) is 0.400. The first-order chi connectivity index (χ1) is 6.09. The molecule has 68 valence electrons. The third kappa shape index (κ3) is 1.11. The molecule has 0 saturated carbocycles. The van der Waals surface area contributed by atoms with Crippen molar-refractivity contribution in [2.24, 2.45) is 0 Å². The molecular weight excluding hydrogens is 162 g/mol. The Bertz CT molecular complexity index is 468. The molecule has 0 fully saturated rings. The number of hydrogen-bond acceptors (Lipinski definition) is 2. The highest BCUT2D eigenvalue weighted by Gasteiger charge is 2.07. The van der Waals surface area contributed by atoms with Crippen molar-refractivity contribution in [1.29, 1.82) is 0 Å². The van der Waals surface area contributed by atoms with Crippen LogP contribution in [0, 0.1) is 27.7 Å². The smallest absolute Gasteiger partial charge is 0.156 e. The Morgan fingerprint density at radius 1 is 1.15 bits per heavy atom. The number of aromatic nitrogens is 3. The lowest BCUT2D eigenvalue weighted by molar-refractivity contribution is 0.861. The van der Waals surface area contributed by atoms with E-state index in [-0.39, 0.29) is 0 Å². The molecule has 0 aromatic carbocycles. The van der Waals surface area contributed by atoms with Crippen LogP contribution in [-0.2, 0) is 0 Å². The summed E-state index contributed by atoms with van der Waals surface area (Å²) in [6.45, 7) is 8.12. The Kier molecular flexibility index (Phi) is 1.62. The summed E-state index contributed by atoms with van der Waals surface area (Å²) < 4.78 is 1.92. The Morgan fingerprint density at radius 3 is 2.54 bits per heavy atom. The van der Waals surface area contributed by atoms with Crippen molar-refractivity contribution in [1.82, 2.24) is 14.6 Å². The second kappa shape index (κ2) is 2.55. The van der Waals surface area contributed by atoms with Crippen LogP contribution in [0.15, 0.2) is 6.07 Å². The Hall–Kier alpha value is -1.38. The third-order valence-corrected chi connectivity index (χ3v) is 2.35. The van der Waals surface area contributed by atoms with Gasteiger partial charge in [0.05, 0.1) is 17.1 Å². The largest absolute Gasteiger partial charge is 0.232 e. The monoisotopic (exact) mass is 175 g/mol. The van der Waals surface area contributed by atoms with E-state index in [1.165, 1.54) is 5.56 Å². The molecule has 2 aromatic rings. The number of nitrogens with zero attached hydrogens (tertiary/aromatic N) is 3. The van der Waals surface area contributed by atoms with E-state index in [1.807, 2.05) is 25.3 Å². The maximum absolute atomic E-state index is 4.45. The number of aryl methyl sites for hydroxylation is 4. The van der Waals surface area contributed by atoms with Crippen LogP contribution < -0.4 is 0 Å². The molecule has 0 saturated heterocycles. The van der Waals surface area contributed by atoms with Crippen LogP contribution in [0.5, 0.6) is 0 Å². The van der Waals surface area contributed by atoms with Crippen molar-refractivity contribution in [3.8, 4) is 0 Å². The molecular formula is C10H13N3. The van der Waals surface area contributed by atoms with Crippen LogP contribution >= 0.6 is 0 Å². The molecule has 0 amide bonds. The zero-order valence-corrected chi connectivity index (χ0v) is 8.42. The van der Waals surface area contributed by atoms with Crippen molar-refractivity contribution >= 4 is 5.65 Å². The zero-order chi connectivity index (χ0) is 9.59. The van der Waals surface area contributed by atoms with Gasteiger partial charge < -0.3 is 0 Å². The number of imidazole rings is 1. The van der Waals surface area contributed by atoms with Gasteiger partial charge in [-0.15, -0.1) is 0 Å². The van der Waals surface area contributed by atoms with Crippen molar-refractivity contribution in [3.05, 3.63) is 28.7 Å². The summed E-state index contributed by atoms with van der Waals surface area (Å²) in [5, 5.41) is 4.41. The van der Waals surface area contributed by atoms with E-state index in [0.717, 1.165) is 22.7 Å². The van der Waals surface area contributed by atoms with E-state index in [0.29, 0.717) is 0 Å². The van der Waals surface area contributed by atoms with Crippen molar-refractivity contribution in [2.45, 2.75) is 27.7 Å². The van der Waals surface area contributed by atoms with Crippen LogP contribution in [0.1, 0.15) is 22.6 Å². The van der Waals surface area contributed by atoms with Crippen LogP contribution in [0.25, 0.3) is 5.65 Å². The van der Waals surface area contributed by atoms with Gasteiger partial charge in [-0.3, -0.25) is 0 Å². The van der Waals surface area contributed by atoms with Crippen LogP contribution in [0.3, 0.4) is 0 Å². The predicted octanol–water partition coefficient (Wildman–Crippen LogP) is 1.96. The van der Waals surface area contributed by atoms with Crippen LogP contribution in [-0.4, -0.2) is 14.6 Å². The lowest BCUT2D eigenvalue weighted by atomic mass is 10.3. The quantitative estimate of drug-likeness (QED) is 0.612. The molecule has 0 aliphatic heterocycles. The molecule has 2 rings (SSSR count). The second-order valence-electron chi connectivity index (χ2n) is 3.49. The van der Waals surface area contributed by atoms with E-state index in [9.17, 15) is 0 Å². The first-order valence-corrected chi connectivity index (χ1v) is 4.40. The summed E-state index contributed by atoms with van der Waals surface area (Å²) in [5.41, 5.74) is 5.37. The predicted molar refractivity (Wildman–Crippen MR) is 51.9 cm³/mol. The Balaban J connectivity index is 2.94. The maximum atomic E-state index is 4.45. The SMILES string of the molecule is Cc1cc(C)c2nc(C)c(C)n2n1. The molecule has 3 nitrogen and oxygen atoms in total. The summed E-state index contributed by atoms with van der Waals surface area (Å²) in [6, 6.07) is 2.06. The lowest BCUT2D eigenvalue weighted by Gasteiger charge is -2.00. The van der Waals surface area contributed by atoms with Gasteiger partial charge in [0.2, 0.25) is 0 Å². The molecule has 0 unspecified atom stereocenters. The van der Waals surface area contributed by atoms with Crippen molar-refractivity contribution < 1.29 is 0 Å². The number of rotatable bonds is 0. The second-order valence-corrected chi connectivity index (χ2v) is 3.49. The average Bonchev–Trinajstić information content (AvgIpc) is 2.32. The molecule has 0 aliphatic carbocycles. The van der Waals surface area contributed by atoms with Crippen molar-refractivity contribution in [2.75, 3.05) is 0 Å². The highest BCUT2D eigenvalue weighted by molar-refractivity contribution is 5.49. The van der Waals surface area contributed by atoms with E-state index >= 15 is 0 Å². The minimum atomic E-state index is 0.973. The molecule has 0 aliphatic rings. The van der Waals surface area contributed by atoms with Gasteiger partial charge in [-0.1, -0.05) is 0 Å². The highest BCUT2D eigenvalue weighted by Crippen LogP contribution is 2.13. The van der Waals surface area contributed by atoms with Gasteiger partial charge in [0.25, 0.3) is 0 Å². The lowest BCUT2D eigenvalue weighted by Crippen LogP contribution is -1.98. The van der Waals surface area contributed by atoms with Crippen molar-refractivity contribution in [3.63, 3.8) is 0 Å². The van der Waals surface area contributed by atoms with Gasteiger partial charge in [-0.05, 0) is 39.3 Å². The van der Waals surface area contributed by atoms with E-state index < -0.39 is 0 Å². The fourth-order valence-corrected chi connectivity index (χ4v) is 1.54. The van der Waals surface area contributed by atoms with Gasteiger partial charge >= 0.3 is 0 Å². The third-order valence-electron chi connectivity index (χ3n) is 2.35. The van der Waals surface area contributed by atoms with Gasteiger partial charge in [-0.25, -0.2) is 9.50 Å². The molecule has 13 heavy (non-hydrogen) atoms. The first-order valence-electron chi connectivity index (χ1n) is 4.40. The standard InChI is InChI=1S/C10H13N3/c1-6-5-7(2)12-13-9(4)8(3)11-10(6)13/h5H,1-4H3. The Labute approximate surface area is 77.4 Å². The van der Waals surface area contributed by atoms with Crippen LogP contribution in [0.4, 0.5) is 0 Å². The van der Waals surface area contributed by atoms with Gasteiger partial charge in [0.1, 0.15) is 0 Å². The van der Waals surface area contributed by atoms with E-state index in [1.54, 1.807) is 0 Å². The summed E-state index contributed by atoms with van der Waals surface area (Å²) in [4.78, 5) is 4.45. The minimum absolute atomic E-state index is 0.973. The summed E-state index contributed by atoms with van der Waals surface area (Å²) in [5.74, 6) is 0. The normalized spacial score (nSPS) is 11.1. The first kappa shape index (κ1) is 8.23. The number of hydrogen-bond donors (Lipinski definition) is 0. The van der Waals surface area contributed by atoms with E-state index in [2.05, 4.69) is 23.1 Å². The molecule has 3 heteroatoms. The maximum Gasteiger partial charge on any atom is 0.156 e. The van der Waals surface area contributed by atoms with E-state index in [4.69, 9.17) is 0 Å². The fourth-order valence-electron chi connectivity index (χ4n) is 1.54. The molecule has 0 atom stereocenters. The minimum Gasteiger partial charge on any atom is -0.232 e. The topological polar surface area (TPSA) is 30.2 Å². The number of fused-ring (bicyclic) bond motifs is 1. The molecule has 2 aromatic heterocycles. The molecule has 0 bridgehead atoms. The highest BCUT2D eigenvalue weighted by atomic mass is 15.3. The molecule has 0 spiro atoms. The van der Waals surface area contributed by atoms with Gasteiger partial charge in [0.15, 0.2) is 5.65 Å². The summed E-state index contributed by atoms with van der Waals surface area (Å²) in [6.07, 6.45) is 0. The molecule has 0 N–H and O–H groups in total. The average molecular weight is 175 g/mol. The summed E-state index contributed by atoms with van der Waals surface area (Å²) in [7, 11) is 0. The van der Waals surface area contributed by atoms with Gasteiger partial charge in [-0.2, -0.15) is 5.10 Å².